The number of carbonyl (C=O) groups is 2. The van der Waals surface area contributed by atoms with E-state index in [0.717, 1.165) is 45.1 Å². The van der Waals surface area contributed by atoms with Crippen molar-refractivity contribution in [3.05, 3.63) is 0 Å². The predicted octanol–water partition coefficient (Wildman–Crippen LogP) is 1.52. The maximum Gasteiger partial charge on any atom is 0.225 e. The normalized spacial score (nSPS) is 20.1. The van der Waals surface area contributed by atoms with E-state index in [-0.39, 0.29) is 23.7 Å². The minimum Gasteiger partial charge on any atom is -0.355 e. The highest BCUT2D eigenvalue weighted by molar-refractivity contribution is 5.82. The van der Waals surface area contributed by atoms with Crippen LogP contribution in [0.1, 0.15) is 52.4 Å². The van der Waals surface area contributed by atoms with E-state index in [1.165, 1.54) is 0 Å². The Labute approximate surface area is 128 Å². The van der Waals surface area contributed by atoms with Gasteiger partial charge in [0.2, 0.25) is 11.8 Å². The summed E-state index contributed by atoms with van der Waals surface area (Å²) < 4.78 is 0. The summed E-state index contributed by atoms with van der Waals surface area (Å²) in [6, 6.07) is 0. The van der Waals surface area contributed by atoms with Crippen molar-refractivity contribution >= 4 is 11.8 Å². The van der Waals surface area contributed by atoms with Gasteiger partial charge in [-0.15, -0.1) is 0 Å². The number of nitrogens with two attached hydrogens (primary N) is 1. The predicted molar refractivity (Wildman–Crippen MR) is 84.7 cm³/mol. The lowest BCUT2D eigenvalue weighted by Gasteiger charge is -2.34. The van der Waals surface area contributed by atoms with Crippen LogP contribution in [0.3, 0.4) is 0 Å². The van der Waals surface area contributed by atoms with Gasteiger partial charge in [0.25, 0.3) is 0 Å². The van der Waals surface area contributed by atoms with Crippen molar-refractivity contribution in [3.8, 4) is 0 Å². The van der Waals surface area contributed by atoms with Crippen LogP contribution in [0.4, 0.5) is 0 Å². The molecule has 1 fully saturated rings. The summed E-state index contributed by atoms with van der Waals surface area (Å²) in [5.41, 5.74) is 5.41. The fraction of sp³-hybridized carbons (Fsp3) is 0.875. The molecule has 0 bridgehead atoms. The molecule has 1 heterocycles. The molecule has 3 N–H and O–H groups in total. The second kappa shape index (κ2) is 9.77. The summed E-state index contributed by atoms with van der Waals surface area (Å²) in [4.78, 5) is 26.5. The Bertz CT molecular complexity index is 333. The average Bonchev–Trinajstić information content (AvgIpc) is 2.53. The molecule has 1 saturated heterocycles. The molecule has 122 valence electrons. The van der Waals surface area contributed by atoms with E-state index in [9.17, 15) is 9.59 Å². The lowest BCUT2D eigenvalue weighted by molar-refractivity contribution is -0.139. The first-order valence-corrected chi connectivity index (χ1v) is 8.40. The Morgan fingerprint density at radius 3 is 2.76 bits per heavy atom. The fourth-order valence-electron chi connectivity index (χ4n) is 2.94. The van der Waals surface area contributed by atoms with Crippen LogP contribution in [0.15, 0.2) is 0 Å². The Hall–Kier alpha value is -1.10. The second-order valence-electron chi connectivity index (χ2n) is 5.95. The van der Waals surface area contributed by atoms with Crippen molar-refractivity contribution in [2.45, 2.75) is 52.4 Å². The number of nitrogens with one attached hydrogen (secondary N) is 1. The van der Waals surface area contributed by atoms with Gasteiger partial charge in [-0.2, -0.15) is 0 Å². The Morgan fingerprint density at radius 1 is 1.38 bits per heavy atom. The zero-order chi connectivity index (χ0) is 15.7. The highest BCUT2D eigenvalue weighted by Crippen LogP contribution is 2.22. The third-order valence-electron chi connectivity index (χ3n) is 4.30. The standard InChI is InChI=1S/C16H31N3O2/c1-3-5-7-13(4-2)16(21)19-11-6-8-14(12-19)15(20)18-10-9-17/h13-14H,3-12,17H2,1-2H3,(H,18,20). The van der Waals surface area contributed by atoms with Gasteiger partial charge in [0, 0.05) is 32.1 Å². The molecule has 2 unspecified atom stereocenters. The van der Waals surface area contributed by atoms with E-state index in [2.05, 4.69) is 19.2 Å². The van der Waals surface area contributed by atoms with E-state index in [1.54, 1.807) is 0 Å². The number of rotatable bonds is 8. The molecule has 0 saturated carbocycles. The molecule has 0 aromatic carbocycles. The summed E-state index contributed by atoms with van der Waals surface area (Å²) in [6.07, 6.45) is 5.85. The molecule has 1 rings (SSSR count). The number of nitrogens with zero attached hydrogens (tertiary/aromatic N) is 1. The lowest BCUT2D eigenvalue weighted by Crippen LogP contribution is -2.47. The van der Waals surface area contributed by atoms with Gasteiger partial charge in [-0.25, -0.2) is 0 Å². The average molecular weight is 297 g/mol. The van der Waals surface area contributed by atoms with Gasteiger partial charge in [0.05, 0.1) is 5.92 Å². The highest BCUT2D eigenvalue weighted by Gasteiger charge is 2.30. The smallest absolute Gasteiger partial charge is 0.225 e. The van der Waals surface area contributed by atoms with E-state index in [1.807, 2.05) is 4.90 Å². The number of amides is 2. The molecule has 0 radical (unpaired) electrons. The first-order chi connectivity index (χ1) is 10.1. The topological polar surface area (TPSA) is 75.4 Å². The molecular formula is C16H31N3O2. The summed E-state index contributed by atoms with van der Waals surface area (Å²) in [5, 5.41) is 2.84. The van der Waals surface area contributed by atoms with Gasteiger partial charge in [0.15, 0.2) is 0 Å². The molecule has 21 heavy (non-hydrogen) atoms. The third kappa shape index (κ3) is 5.65. The fourth-order valence-corrected chi connectivity index (χ4v) is 2.94. The number of piperidine rings is 1. The summed E-state index contributed by atoms with van der Waals surface area (Å²) in [5.74, 6) is 0.329. The minimum absolute atomic E-state index is 0.0413. The van der Waals surface area contributed by atoms with Gasteiger partial charge in [-0.3, -0.25) is 9.59 Å². The molecule has 0 spiro atoms. The quantitative estimate of drug-likeness (QED) is 0.713. The van der Waals surface area contributed by atoms with Crippen LogP contribution in [0, 0.1) is 11.8 Å². The monoisotopic (exact) mass is 297 g/mol. The van der Waals surface area contributed by atoms with Crippen molar-refractivity contribution in [2.75, 3.05) is 26.2 Å². The Balaban J connectivity index is 2.53. The van der Waals surface area contributed by atoms with Crippen molar-refractivity contribution in [3.63, 3.8) is 0 Å². The highest BCUT2D eigenvalue weighted by atomic mass is 16.2. The van der Waals surface area contributed by atoms with Crippen LogP contribution >= 0.6 is 0 Å². The SMILES string of the molecule is CCCCC(CC)C(=O)N1CCCC(C(=O)NCCN)C1. The van der Waals surface area contributed by atoms with Crippen LogP contribution in [-0.4, -0.2) is 42.9 Å². The lowest BCUT2D eigenvalue weighted by atomic mass is 9.93. The van der Waals surface area contributed by atoms with Gasteiger partial charge < -0.3 is 16.0 Å². The van der Waals surface area contributed by atoms with E-state index < -0.39 is 0 Å². The molecule has 0 aliphatic carbocycles. The zero-order valence-electron chi connectivity index (χ0n) is 13.6. The number of hydrogen-bond acceptors (Lipinski definition) is 3. The molecule has 0 aromatic heterocycles. The number of carbonyl (C=O) groups excluding carboxylic acids is 2. The molecular weight excluding hydrogens is 266 g/mol. The summed E-state index contributed by atoms with van der Waals surface area (Å²) in [6.45, 7) is 6.55. The van der Waals surface area contributed by atoms with Crippen LogP contribution in [0.5, 0.6) is 0 Å². The van der Waals surface area contributed by atoms with E-state index >= 15 is 0 Å². The van der Waals surface area contributed by atoms with Crippen LogP contribution in [0.25, 0.3) is 0 Å². The first kappa shape index (κ1) is 18.0. The van der Waals surface area contributed by atoms with Crippen molar-refractivity contribution < 1.29 is 9.59 Å². The van der Waals surface area contributed by atoms with Crippen molar-refractivity contribution in [1.82, 2.24) is 10.2 Å². The Kier molecular flexibility index (Phi) is 8.35. The van der Waals surface area contributed by atoms with E-state index in [4.69, 9.17) is 5.73 Å². The molecule has 5 nitrogen and oxygen atoms in total. The van der Waals surface area contributed by atoms with Crippen molar-refractivity contribution in [1.29, 1.82) is 0 Å². The number of unbranched alkanes of at least 4 members (excludes halogenated alkanes) is 1. The van der Waals surface area contributed by atoms with Gasteiger partial charge in [0.1, 0.15) is 0 Å². The summed E-state index contributed by atoms with van der Waals surface area (Å²) >= 11 is 0. The first-order valence-electron chi connectivity index (χ1n) is 8.40. The van der Waals surface area contributed by atoms with Crippen molar-refractivity contribution in [2.24, 2.45) is 17.6 Å². The molecule has 2 atom stereocenters. The largest absolute Gasteiger partial charge is 0.355 e. The summed E-state index contributed by atoms with van der Waals surface area (Å²) in [7, 11) is 0. The molecule has 2 amide bonds. The van der Waals surface area contributed by atoms with Gasteiger partial charge >= 0.3 is 0 Å². The molecule has 1 aliphatic heterocycles. The van der Waals surface area contributed by atoms with Crippen LogP contribution < -0.4 is 11.1 Å². The maximum absolute atomic E-state index is 12.6. The van der Waals surface area contributed by atoms with Crippen LogP contribution in [-0.2, 0) is 9.59 Å². The zero-order valence-corrected chi connectivity index (χ0v) is 13.6. The molecule has 5 heteroatoms. The molecule has 0 aromatic rings. The third-order valence-corrected chi connectivity index (χ3v) is 4.30. The molecule has 1 aliphatic rings. The number of likely N-dealkylation sites (tertiary alicyclic amines) is 1. The van der Waals surface area contributed by atoms with Gasteiger partial charge in [-0.1, -0.05) is 26.7 Å². The van der Waals surface area contributed by atoms with E-state index in [0.29, 0.717) is 19.6 Å². The van der Waals surface area contributed by atoms with Gasteiger partial charge in [-0.05, 0) is 25.7 Å². The van der Waals surface area contributed by atoms with Crippen LogP contribution in [0.2, 0.25) is 0 Å². The Morgan fingerprint density at radius 2 is 2.14 bits per heavy atom. The maximum atomic E-state index is 12.6. The minimum atomic E-state index is -0.0714. The number of hydrogen-bond donors (Lipinski definition) is 2. The second-order valence-corrected chi connectivity index (χ2v) is 5.95.